The van der Waals surface area contributed by atoms with Gasteiger partial charge in [0.2, 0.25) is 0 Å². The maximum Gasteiger partial charge on any atom is 0.123 e. The minimum atomic E-state index is -0.204. The summed E-state index contributed by atoms with van der Waals surface area (Å²) in [5, 5.41) is 7.92. The van der Waals surface area contributed by atoms with Gasteiger partial charge < -0.3 is 5.32 Å². The molecule has 1 atom stereocenters. The first kappa shape index (κ1) is 15.4. The van der Waals surface area contributed by atoms with Gasteiger partial charge in [0.25, 0.3) is 0 Å². The molecule has 0 unspecified atom stereocenters. The highest BCUT2D eigenvalue weighted by molar-refractivity contribution is 5.35. The van der Waals surface area contributed by atoms with Crippen molar-refractivity contribution in [1.82, 2.24) is 15.1 Å². The largest absolute Gasteiger partial charge is 0.306 e. The summed E-state index contributed by atoms with van der Waals surface area (Å²) in [7, 11) is 0. The molecule has 0 fully saturated rings. The van der Waals surface area contributed by atoms with Crippen LogP contribution in [0.4, 0.5) is 4.39 Å². The van der Waals surface area contributed by atoms with E-state index >= 15 is 0 Å². The van der Waals surface area contributed by atoms with Crippen molar-refractivity contribution in [3.63, 3.8) is 0 Å². The molecule has 0 bridgehead atoms. The zero-order valence-corrected chi connectivity index (χ0v) is 13.3. The summed E-state index contributed by atoms with van der Waals surface area (Å²) < 4.78 is 15.2. The van der Waals surface area contributed by atoms with Gasteiger partial charge in [0.05, 0.1) is 11.9 Å². The number of nitrogens with zero attached hydrogens (tertiary/aromatic N) is 2. The number of para-hydroxylation sites is 1. The van der Waals surface area contributed by atoms with Crippen LogP contribution in [-0.2, 0) is 6.54 Å². The SMILES string of the molecule is Cc1c([C@@H](C)NCc2cccc(F)c2)cnn1-c1ccccc1. The standard InChI is InChI=1S/C19H20FN3/c1-14(21-12-16-7-6-8-17(20)11-16)19-13-22-23(15(19)2)18-9-4-3-5-10-18/h3-11,13-14,21H,12H2,1-2H3/t14-/m1/s1. The molecule has 0 aliphatic carbocycles. The Morgan fingerprint density at radius 2 is 1.91 bits per heavy atom. The monoisotopic (exact) mass is 309 g/mol. The molecule has 23 heavy (non-hydrogen) atoms. The number of benzene rings is 2. The molecule has 0 saturated carbocycles. The third-order valence-corrected chi connectivity index (χ3v) is 4.02. The molecule has 3 aromatic rings. The first-order valence-corrected chi connectivity index (χ1v) is 7.73. The Kier molecular flexibility index (Phi) is 4.53. The van der Waals surface area contributed by atoms with Crippen LogP contribution in [0, 0.1) is 12.7 Å². The second-order valence-electron chi connectivity index (χ2n) is 5.67. The third kappa shape index (κ3) is 3.48. The predicted octanol–water partition coefficient (Wildman–Crippen LogP) is 4.17. The van der Waals surface area contributed by atoms with Crippen molar-refractivity contribution in [3.8, 4) is 5.69 Å². The van der Waals surface area contributed by atoms with Gasteiger partial charge in [0, 0.05) is 23.8 Å². The van der Waals surface area contributed by atoms with Gasteiger partial charge in [-0.05, 0) is 43.7 Å². The summed E-state index contributed by atoms with van der Waals surface area (Å²) in [5.41, 5.74) is 4.24. The van der Waals surface area contributed by atoms with Crippen LogP contribution in [0.5, 0.6) is 0 Å². The van der Waals surface area contributed by atoms with Crippen LogP contribution in [0.1, 0.15) is 29.8 Å². The van der Waals surface area contributed by atoms with Gasteiger partial charge >= 0.3 is 0 Å². The minimum Gasteiger partial charge on any atom is -0.306 e. The fourth-order valence-corrected chi connectivity index (χ4v) is 2.70. The average Bonchev–Trinajstić information content (AvgIpc) is 2.95. The Morgan fingerprint density at radius 3 is 2.65 bits per heavy atom. The molecule has 3 nitrogen and oxygen atoms in total. The fourth-order valence-electron chi connectivity index (χ4n) is 2.70. The van der Waals surface area contributed by atoms with Crippen molar-refractivity contribution in [2.75, 3.05) is 0 Å². The lowest BCUT2D eigenvalue weighted by Crippen LogP contribution is -2.18. The summed E-state index contributed by atoms with van der Waals surface area (Å²) in [6.45, 7) is 4.78. The molecule has 4 heteroatoms. The van der Waals surface area contributed by atoms with Crippen molar-refractivity contribution in [2.45, 2.75) is 26.4 Å². The van der Waals surface area contributed by atoms with E-state index in [4.69, 9.17) is 0 Å². The summed E-state index contributed by atoms with van der Waals surface area (Å²) in [6.07, 6.45) is 1.89. The summed E-state index contributed by atoms with van der Waals surface area (Å²) in [5.74, 6) is -0.204. The van der Waals surface area contributed by atoms with Crippen LogP contribution in [0.2, 0.25) is 0 Å². The number of nitrogens with one attached hydrogen (secondary N) is 1. The molecule has 0 amide bonds. The van der Waals surface area contributed by atoms with E-state index in [-0.39, 0.29) is 11.9 Å². The molecular weight excluding hydrogens is 289 g/mol. The lowest BCUT2D eigenvalue weighted by atomic mass is 10.1. The first-order valence-electron chi connectivity index (χ1n) is 7.73. The molecule has 1 N–H and O–H groups in total. The summed E-state index contributed by atoms with van der Waals surface area (Å²) >= 11 is 0. The van der Waals surface area contributed by atoms with Crippen molar-refractivity contribution < 1.29 is 4.39 Å². The van der Waals surface area contributed by atoms with E-state index in [0.29, 0.717) is 6.54 Å². The van der Waals surface area contributed by atoms with E-state index in [1.165, 1.54) is 6.07 Å². The number of hydrogen-bond donors (Lipinski definition) is 1. The maximum atomic E-state index is 13.2. The topological polar surface area (TPSA) is 29.9 Å². The number of hydrogen-bond acceptors (Lipinski definition) is 2. The molecular formula is C19H20FN3. The van der Waals surface area contributed by atoms with Crippen LogP contribution < -0.4 is 5.32 Å². The Hall–Kier alpha value is -2.46. The van der Waals surface area contributed by atoms with E-state index in [9.17, 15) is 4.39 Å². The van der Waals surface area contributed by atoms with Gasteiger partial charge in [-0.25, -0.2) is 9.07 Å². The maximum absolute atomic E-state index is 13.2. The highest BCUT2D eigenvalue weighted by Crippen LogP contribution is 2.20. The van der Waals surface area contributed by atoms with E-state index in [1.54, 1.807) is 12.1 Å². The van der Waals surface area contributed by atoms with Crippen LogP contribution in [0.3, 0.4) is 0 Å². The molecule has 3 rings (SSSR count). The second-order valence-corrected chi connectivity index (χ2v) is 5.67. The second kappa shape index (κ2) is 6.75. The highest BCUT2D eigenvalue weighted by atomic mass is 19.1. The zero-order chi connectivity index (χ0) is 16.2. The predicted molar refractivity (Wildman–Crippen MR) is 90.0 cm³/mol. The fraction of sp³-hybridized carbons (Fsp3) is 0.211. The number of halogens is 1. The highest BCUT2D eigenvalue weighted by Gasteiger charge is 2.13. The van der Waals surface area contributed by atoms with E-state index in [0.717, 1.165) is 22.5 Å². The van der Waals surface area contributed by atoms with E-state index < -0.39 is 0 Å². The number of aromatic nitrogens is 2. The molecule has 1 aromatic heterocycles. The molecule has 0 radical (unpaired) electrons. The molecule has 0 saturated heterocycles. The Labute approximate surface area is 135 Å². The lowest BCUT2D eigenvalue weighted by Gasteiger charge is -2.14. The smallest absolute Gasteiger partial charge is 0.123 e. The lowest BCUT2D eigenvalue weighted by molar-refractivity contribution is 0.566. The molecule has 0 aliphatic heterocycles. The minimum absolute atomic E-state index is 0.135. The first-order chi connectivity index (χ1) is 11.1. The van der Waals surface area contributed by atoms with E-state index in [2.05, 4.69) is 24.3 Å². The average molecular weight is 309 g/mol. The molecule has 118 valence electrons. The van der Waals surface area contributed by atoms with Gasteiger partial charge in [0.1, 0.15) is 5.82 Å². The zero-order valence-electron chi connectivity index (χ0n) is 13.3. The Balaban J connectivity index is 1.73. The van der Waals surface area contributed by atoms with Crippen molar-refractivity contribution in [2.24, 2.45) is 0 Å². The third-order valence-electron chi connectivity index (χ3n) is 4.02. The molecule has 0 spiro atoms. The summed E-state index contributed by atoms with van der Waals surface area (Å²) in [4.78, 5) is 0. The summed E-state index contributed by atoms with van der Waals surface area (Å²) in [6, 6.07) is 16.9. The van der Waals surface area contributed by atoms with E-state index in [1.807, 2.05) is 47.3 Å². The molecule has 2 aromatic carbocycles. The van der Waals surface area contributed by atoms with Gasteiger partial charge in [-0.15, -0.1) is 0 Å². The van der Waals surface area contributed by atoms with Crippen LogP contribution in [0.15, 0.2) is 60.8 Å². The quantitative estimate of drug-likeness (QED) is 0.766. The van der Waals surface area contributed by atoms with Crippen LogP contribution >= 0.6 is 0 Å². The van der Waals surface area contributed by atoms with Crippen LogP contribution in [0.25, 0.3) is 5.69 Å². The number of rotatable bonds is 5. The Bertz CT molecular complexity index is 780. The Morgan fingerprint density at radius 1 is 1.13 bits per heavy atom. The van der Waals surface area contributed by atoms with Crippen molar-refractivity contribution >= 4 is 0 Å². The molecule has 0 aliphatic rings. The van der Waals surface area contributed by atoms with Crippen LogP contribution in [-0.4, -0.2) is 9.78 Å². The van der Waals surface area contributed by atoms with Gasteiger partial charge in [-0.1, -0.05) is 30.3 Å². The van der Waals surface area contributed by atoms with Gasteiger partial charge in [0.15, 0.2) is 0 Å². The van der Waals surface area contributed by atoms with Crippen molar-refractivity contribution in [1.29, 1.82) is 0 Å². The van der Waals surface area contributed by atoms with Gasteiger partial charge in [-0.2, -0.15) is 5.10 Å². The van der Waals surface area contributed by atoms with Gasteiger partial charge in [-0.3, -0.25) is 0 Å². The van der Waals surface area contributed by atoms with Crippen molar-refractivity contribution in [3.05, 3.63) is 83.4 Å². The normalized spacial score (nSPS) is 12.3. The molecule has 1 heterocycles.